The molecule has 4 N–H and O–H groups in total. The number of pyridine rings is 1. The number of nitrogen functional groups attached to an aromatic ring is 1. The highest BCUT2D eigenvalue weighted by Gasteiger charge is 2.24. The predicted molar refractivity (Wildman–Crippen MR) is 144 cm³/mol. The van der Waals surface area contributed by atoms with Crippen molar-refractivity contribution in [3.63, 3.8) is 0 Å². The van der Waals surface area contributed by atoms with Crippen LogP contribution in [-0.4, -0.2) is 26.8 Å². The molecule has 8 heteroatoms. The molecule has 8 nitrogen and oxygen atoms in total. The van der Waals surface area contributed by atoms with Crippen molar-refractivity contribution in [3.05, 3.63) is 94.4 Å². The zero-order chi connectivity index (χ0) is 25.8. The summed E-state index contributed by atoms with van der Waals surface area (Å²) in [5.41, 5.74) is 8.07. The Bertz CT molecular complexity index is 1570. The Balaban J connectivity index is 1.84. The number of hydrogen-bond donors (Lipinski definition) is 3. The van der Waals surface area contributed by atoms with Crippen molar-refractivity contribution in [1.82, 2.24) is 19.7 Å². The Hall–Kier alpha value is -4.77. The molecule has 2 aromatic heterocycles. The lowest BCUT2D eigenvalue weighted by atomic mass is 10.0. The Kier molecular flexibility index (Phi) is 6.93. The lowest BCUT2D eigenvalue weighted by Crippen LogP contribution is -2.32. The van der Waals surface area contributed by atoms with Crippen molar-refractivity contribution in [1.29, 1.82) is 0 Å². The maximum absolute atomic E-state index is 13.9. The smallest absolute Gasteiger partial charge is 0.264 e. The minimum absolute atomic E-state index is 0.107. The van der Waals surface area contributed by atoms with Gasteiger partial charge in [-0.2, -0.15) is 5.10 Å². The monoisotopic (exact) mass is 480 g/mol. The van der Waals surface area contributed by atoms with Gasteiger partial charge in [-0.25, -0.2) is 0 Å². The van der Waals surface area contributed by atoms with Crippen LogP contribution in [-0.2, 0) is 7.05 Å². The summed E-state index contributed by atoms with van der Waals surface area (Å²) in [5.74, 6) is 6.10. The fourth-order valence-electron chi connectivity index (χ4n) is 4.27. The summed E-state index contributed by atoms with van der Waals surface area (Å²) in [7, 11) is 1.70. The Morgan fingerprint density at radius 3 is 2.67 bits per heavy atom. The second-order valence-electron chi connectivity index (χ2n) is 8.29. The molecule has 0 bridgehead atoms. The predicted octanol–water partition coefficient (Wildman–Crippen LogP) is 3.77. The Morgan fingerprint density at radius 2 is 1.97 bits per heavy atom. The number of amides is 1. The first-order valence-electron chi connectivity index (χ1n) is 11.5. The van der Waals surface area contributed by atoms with Crippen LogP contribution >= 0.6 is 0 Å². The van der Waals surface area contributed by atoms with Crippen molar-refractivity contribution in [2.24, 2.45) is 7.05 Å². The average Bonchev–Trinajstić information content (AvgIpc) is 3.15. The number of nitrogens with zero attached hydrogens (tertiary/aromatic N) is 3. The number of fused-ring (bicyclic) bond motifs is 1. The molecule has 182 valence electrons. The van der Waals surface area contributed by atoms with E-state index in [0.717, 1.165) is 5.39 Å². The van der Waals surface area contributed by atoms with Crippen molar-refractivity contribution in [2.75, 3.05) is 17.6 Å². The van der Waals surface area contributed by atoms with E-state index in [1.807, 2.05) is 61.5 Å². The maximum atomic E-state index is 13.9. The lowest BCUT2D eigenvalue weighted by molar-refractivity contribution is 0.0940. The van der Waals surface area contributed by atoms with Crippen LogP contribution < -0.4 is 21.9 Å². The van der Waals surface area contributed by atoms with Crippen molar-refractivity contribution < 1.29 is 4.79 Å². The third-order valence-electron chi connectivity index (χ3n) is 5.86. The lowest BCUT2D eigenvalue weighted by Gasteiger charge is -2.21. The standard InChI is InChI=1S/C28H28N6O2/c1-5-11-19-12-10-13-20-17-22(34(28(36)23(19)20)21-14-8-7-9-15-21)18(3)31-27(35)24-25(29)32-33(4)26(24)30-16-6-2/h6-10,12-15,17-18,30H,2,16H2,1,3-4H3,(H2,29,32)(H,31,35). The second-order valence-corrected chi connectivity index (χ2v) is 8.29. The SMILES string of the molecule is C=CCNc1c(C(=O)NC(C)c2cc3cccc(C#CC)c3c(=O)n2-c2ccccc2)c(N)nn1C. The summed E-state index contributed by atoms with van der Waals surface area (Å²) in [4.78, 5) is 27.2. The van der Waals surface area contributed by atoms with E-state index in [9.17, 15) is 9.59 Å². The minimum atomic E-state index is -0.539. The molecule has 4 rings (SSSR count). The van der Waals surface area contributed by atoms with Gasteiger partial charge in [0, 0.05) is 30.5 Å². The van der Waals surface area contributed by atoms with Crippen LogP contribution in [0.5, 0.6) is 0 Å². The molecule has 1 amide bonds. The zero-order valence-electron chi connectivity index (χ0n) is 20.5. The number of anilines is 2. The van der Waals surface area contributed by atoms with Crippen LogP contribution in [0.25, 0.3) is 16.5 Å². The van der Waals surface area contributed by atoms with Crippen LogP contribution in [0.15, 0.2) is 72.0 Å². The molecule has 36 heavy (non-hydrogen) atoms. The molecule has 1 atom stereocenters. The van der Waals surface area contributed by atoms with Crippen LogP contribution in [0, 0.1) is 11.8 Å². The number of carbonyl (C=O) groups excluding carboxylic acids is 1. The molecular formula is C28H28N6O2. The van der Waals surface area contributed by atoms with E-state index in [1.54, 1.807) is 24.6 Å². The van der Waals surface area contributed by atoms with Gasteiger partial charge >= 0.3 is 0 Å². The summed E-state index contributed by atoms with van der Waals surface area (Å²) in [5, 5.41) is 11.6. The number of aryl methyl sites for hydroxylation is 1. The maximum Gasteiger partial charge on any atom is 0.264 e. The number of nitrogens with two attached hydrogens (primary N) is 1. The largest absolute Gasteiger partial charge is 0.381 e. The molecule has 0 fully saturated rings. The van der Waals surface area contributed by atoms with Crippen molar-refractivity contribution in [3.8, 4) is 17.5 Å². The topological polar surface area (TPSA) is 107 Å². The number of aromatic nitrogens is 3. The van der Waals surface area contributed by atoms with E-state index in [4.69, 9.17) is 5.73 Å². The van der Waals surface area contributed by atoms with Gasteiger partial charge in [0.25, 0.3) is 11.5 Å². The van der Waals surface area contributed by atoms with Crippen LogP contribution in [0.2, 0.25) is 0 Å². The van der Waals surface area contributed by atoms with E-state index < -0.39 is 11.9 Å². The molecule has 1 unspecified atom stereocenters. The van der Waals surface area contributed by atoms with Crippen LogP contribution in [0.4, 0.5) is 11.6 Å². The molecule has 0 saturated carbocycles. The first-order valence-corrected chi connectivity index (χ1v) is 11.5. The van der Waals surface area contributed by atoms with Gasteiger partial charge in [0.1, 0.15) is 11.4 Å². The summed E-state index contributed by atoms with van der Waals surface area (Å²) in [6.45, 7) is 7.71. The average molecular weight is 481 g/mol. The zero-order valence-corrected chi connectivity index (χ0v) is 20.5. The highest BCUT2D eigenvalue weighted by atomic mass is 16.2. The fraction of sp³-hybridized carbons (Fsp3) is 0.179. The van der Waals surface area contributed by atoms with Gasteiger partial charge in [0.15, 0.2) is 5.82 Å². The molecule has 0 radical (unpaired) electrons. The third-order valence-corrected chi connectivity index (χ3v) is 5.86. The van der Waals surface area contributed by atoms with Crippen LogP contribution in [0.1, 0.15) is 41.5 Å². The first-order chi connectivity index (χ1) is 17.4. The van der Waals surface area contributed by atoms with E-state index in [2.05, 4.69) is 34.2 Å². The number of nitrogens with one attached hydrogen (secondary N) is 2. The molecule has 4 aromatic rings. The van der Waals surface area contributed by atoms with Gasteiger partial charge in [0.2, 0.25) is 0 Å². The van der Waals surface area contributed by atoms with E-state index in [1.165, 1.54) is 4.68 Å². The van der Waals surface area contributed by atoms with Crippen LogP contribution in [0.3, 0.4) is 0 Å². The summed E-state index contributed by atoms with van der Waals surface area (Å²) in [6.07, 6.45) is 1.68. The van der Waals surface area contributed by atoms with Crippen molar-refractivity contribution in [2.45, 2.75) is 19.9 Å². The number of hydrogen-bond acceptors (Lipinski definition) is 5. The molecule has 0 spiro atoms. The summed E-state index contributed by atoms with van der Waals surface area (Å²) in [6, 6.07) is 16.3. The van der Waals surface area contributed by atoms with Gasteiger partial charge < -0.3 is 16.4 Å². The number of carbonyl (C=O) groups is 1. The van der Waals surface area contributed by atoms with Gasteiger partial charge in [-0.05, 0) is 43.5 Å². The summed E-state index contributed by atoms with van der Waals surface area (Å²) < 4.78 is 3.14. The number of benzene rings is 2. The molecule has 0 aliphatic carbocycles. The molecular weight excluding hydrogens is 452 g/mol. The van der Waals surface area contributed by atoms with Crippen molar-refractivity contribution >= 4 is 28.3 Å². The highest BCUT2D eigenvalue weighted by molar-refractivity contribution is 6.03. The highest BCUT2D eigenvalue weighted by Crippen LogP contribution is 2.25. The normalized spacial score (nSPS) is 11.4. The quantitative estimate of drug-likeness (QED) is 0.276. The van der Waals surface area contributed by atoms with E-state index >= 15 is 0 Å². The van der Waals surface area contributed by atoms with Gasteiger partial charge in [0.05, 0.1) is 11.4 Å². The number of rotatable bonds is 7. The molecule has 0 saturated heterocycles. The van der Waals surface area contributed by atoms with E-state index in [-0.39, 0.29) is 16.9 Å². The van der Waals surface area contributed by atoms with Gasteiger partial charge in [-0.15, -0.1) is 12.5 Å². The minimum Gasteiger partial charge on any atom is -0.381 e. The van der Waals surface area contributed by atoms with Gasteiger partial charge in [-0.1, -0.05) is 42.3 Å². The molecule has 0 aliphatic heterocycles. The Morgan fingerprint density at radius 1 is 1.22 bits per heavy atom. The first kappa shape index (κ1) is 24.4. The Labute approximate surface area is 209 Å². The summed E-state index contributed by atoms with van der Waals surface area (Å²) >= 11 is 0. The van der Waals surface area contributed by atoms with Gasteiger partial charge in [-0.3, -0.25) is 18.8 Å². The third kappa shape index (κ3) is 4.46. The van der Waals surface area contributed by atoms with E-state index in [0.29, 0.717) is 34.7 Å². The molecule has 0 aliphatic rings. The second kappa shape index (κ2) is 10.2. The fourth-order valence-corrected chi connectivity index (χ4v) is 4.27. The number of para-hydroxylation sites is 1. The molecule has 2 aromatic carbocycles. The molecule has 2 heterocycles.